The summed E-state index contributed by atoms with van der Waals surface area (Å²) in [5, 5.41) is 0. The maximum absolute atomic E-state index is 3.52. The van der Waals surface area contributed by atoms with E-state index in [1.807, 2.05) is 0 Å². The second kappa shape index (κ2) is 5.32. The lowest BCUT2D eigenvalue weighted by molar-refractivity contribution is 0.654. The molecule has 0 spiro atoms. The molecule has 0 aromatic heterocycles. The van der Waals surface area contributed by atoms with E-state index in [9.17, 15) is 0 Å². The lowest BCUT2D eigenvalue weighted by atomic mass is 10.3. The van der Waals surface area contributed by atoms with Crippen LogP contribution in [0, 0.1) is 0 Å². The van der Waals surface area contributed by atoms with Gasteiger partial charge < -0.3 is 4.98 Å². The summed E-state index contributed by atoms with van der Waals surface area (Å²) in [6, 6.07) is 2.14. The van der Waals surface area contributed by atoms with E-state index in [2.05, 4.69) is 25.8 Å². The van der Waals surface area contributed by atoms with Crippen LogP contribution in [-0.2, 0) is 0 Å². The summed E-state index contributed by atoms with van der Waals surface area (Å²) in [5.41, 5.74) is 0. The molecule has 0 radical (unpaired) electrons. The van der Waals surface area contributed by atoms with Crippen molar-refractivity contribution in [3.63, 3.8) is 0 Å². The molecule has 0 aromatic carbocycles. The first-order chi connectivity index (χ1) is 3.81. The van der Waals surface area contributed by atoms with Crippen molar-refractivity contribution < 1.29 is 0 Å². The smallest absolute Gasteiger partial charge is 0.0916 e. The van der Waals surface area contributed by atoms with E-state index in [-0.39, 0.29) is 9.68 Å². The normalized spacial score (nSPS) is 15.4. The van der Waals surface area contributed by atoms with Gasteiger partial charge in [0.05, 0.1) is 9.68 Å². The minimum absolute atomic E-state index is 0.113. The predicted octanol–water partition coefficient (Wildman–Crippen LogP) is 0.896. The van der Waals surface area contributed by atoms with Crippen LogP contribution < -0.4 is 4.98 Å². The Hall–Kier alpha value is 0.177. The molecule has 0 aliphatic heterocycles. The number of hydrogen-bond acceptors (Lipinski definition) is 1. The van der Waals surface area contributed by atoms with Crippen LogP contribution in [0.3, 0.4) is 0 Å². The Balaban J connectivity index is 2.86. The third-order valence-electron chi connectivity index (χ3n) is 1.36. The molecule has 0 aliphatic carbocycles. The third kappa shape index (κ3) is 4.34. The highest BCUT2D eigenvalue weighted by atomic mass is 28.2. The second-order valence-electron chi connectivity index (χ2n) is 2.26. The molecule has 0 saturated heterocycles. The highest BCUT2D eigenvalue weighted by Crippen LogP contribution is 1.85. The predicted molar refractivity (Wildman–Crippen MR) is 41.9 cm³/mol. The molecular weight excluding hydrogens is 114 g/mol. The van der Waals surface area contributed by atoms with Gasteiger partial charge >= 0.3 is 0 Å². The molecule has 50 valence electrons. The van der Waals surface area contributed by atoms with Crippen molar-refractivity contribution in [2.45, 2.75) is 39.3 Å². The van der Waals surface area contributed by atoms with Crippen molar-refractivity contribution in [2.75, 3.05) is 0 Å². The van der Waals surface area contributed by atoms with E-state index in [0.29, 0.717) is 0 Å². The maximum Gasteiger partial charge on any atom is 0.0916 e. The SMILES string of the molecule is CC[SiH2]NC(C)CC. The van der Waals surface area contributed by atoms with Gasteiger partial charge in [0.25, 0.3) is 0 Å². The zero-order valence-corrected chi connectivity index (χ0v) is 7.61. The Morgan fingerprint density at radius 3 is 2.50 bits per heavy atom. The van der Waals surface area contributed by atoms with Crippen LogP contribution in [0.5, 0.6) is 0 Å². The van der Waals surface area contributed by atoms with Crippen molar-refractivity contribution >= 4 is 9.68 Å². The van der Waals surface area contributed by atoms with Gasteiger partial charge in [0.1, 0.15) is 0 Å². The summed E-state index contributed by atoms with van der Waals surface area (Å²) in [4.78, 5) is 3.52. The van der Waals surface area contributed by atoms with Gasteiger partial charge in [0.15, 0.2) is 0 Å². The monoisotopic (exact) mass is 131 g/mol. The molecule has 8 heavy (non-hydrogen) atoms. The Kier molecular flexibility index (Phi) is 5.43. The third-order valence-corrected chi connectivity index (χ3v) is 2.84. The van der Waals surface area contributed by atoms with Gasteiger partial charge in [-0.05, 0) is 12.5 Å². The molecule has 1 N–H and O–H groups in total. The summed E-state index contributed by atoms with van der Waals surface area (Å²) in [5.74, 6) is 0. The standard InChI is InChI=1S/C6H17NSi/c1-4-6(3)7-8-5-2/h6-7H,4-5,8H2,1-3H3. The van der Waals surface area contributed by atoms with Crippen molar-refractivity contribution in [1.82, 2.24) is 4.98 Å². The minimum atomic E-state index is 0.113. The Morgan fingerprint density at radius 2 is 2.12 bits per heavy atom. The molecule has 1 nitrogen and oxygen atoms in total. The van der Waals surface area contributed by atoms with E-state index < -0.39 is 0 Å². The Bertz CT molecular complexity index is 47.8. The highest BCUT2D eigenvalue weighted by Gasteiger charge is 1.92. The van der Waals surface area contributed by atoms with Gasteiger partial charge in [-0.25, -0.2) is 0 Å². The Labute approximate surface area is 54.8 Å². The maximum atomic E-state index is 3.52. The van der Waals surface area contributed by atoms with Gasteiger partial charge in [-0.1, -0.05) is 26.8 Å². The summed E-state index contributed by atoms with van der Waals surface area (Å²) >= 11 is 0. The van der Waals surface area contributed by atoms with Crippen molar-refractivity contribution in [3.05, 3.63) is 0 Å². The lowest BCUT2D eigenvalue weighted by Gasteiger charge is -2.08. The summed E-state index contributed by atoms with van der Waals surface area (Å²) in [7, 11) is 0.113. The second-order valence-corrected chi connectivity index (χ2v) is 4.17. The first kappa shape index (κ1) is 8.18. The molecule has 0 fully saturated rings. The Morgan fingerprint density at radius 1 is 1.50 bits per heavy atom. The summed E-state index contributed by atoms with van der Waals surface area (Å²) in [6.45, 7) is 6.73. The molecule has 0 bridgehead atoms. The zero-order valence-electron chi connectivity index (χ0n) is 6.20. The van der Waals surface area contributed by atoms with Gasteiger partial charge in [0.2, 0.25) is 0 Å². The number of hydrogen-bond donors (Lipinski definition) is 1. The molecule has 0 aromatic rings. The first-order valence-electron chi connectivity index (χ1n) is 3.54. The lowest BCUT2D eigenvalue weighted by Crippen LogP contribution is -2.28. The largest absolute Gasteiger partial charge is 0.340 e. The van der Waals surface area contributed by atoms with E-state index in [1.165, 1.54) is 12.5 Å². The van der Waals surface area contributed by atoms with Crippen LogP contribution in [0.15, 0.2) is 0 Å². The minimum Gasteiger partial charge on any atom is -0.340 e. The molecule has 0 amide bonds. The molecule has 1 atom stereocenters. The van der Waals surface area contributed by atoms with E-state index in [0.717, 1.165) is 6.04 Å². The molecule has 0 saturated carbocycles. The zero-order chi connectivity index (χ0) is 6.41. The van der Waals surface area contributed by atoms with Crippen LogP contribution in [-0.4, -0.2) is 15.7 Å². The van der Waals surface area contributed by atoms with E-state index in [4.69, 9.17) is 0 Å². The fourth-order valence-corrected chi connectivity index (χ4v) is 1.61. The van der Waals surface area contributed by atoms with Crippen molar-refractivity contribution in [2.24, 2.45) is 0 Å². The number of nitrogens with one attached hydrogen (secondary N) is 1. The average Bonchev–Trinajstić information content (AvgIpc) is 1.83. The molecule has 2 heteroatoms. The fourth-order valence-electron chi connectivity index (χ4n) is 0.535. The summed E-state index contributed by atoms with van der Waals surface area (Å²) < 4.78 is 0. The van der Waals surface area contributed by atoms with Gasteiger partial charge in [-0.15, -0.1) is 0 Å². The molecule has 0 rings (SSSR count). The molecular formula is C6H17NSi. The van der Waals surface area contributed by atoms with Crippen LogP contribution in [0.2, 0.25) is 6.04 Å². The van der Waals surface area contributed by atoms with Crippen molar-refractivity contribution in [3.8, 4) is 0 Å². The molecule has 0 aliphatic rings. The van der Waals surface area contributed by atoms with E-state index in [1.54, 1.807) is 0 Å². The van der Waals surface area contributed by atoms with E-state index >= 15 is 0 Å². The summed E-state index contributed by atoms with van der Waals surface area (Å²) in [6.07, 6.45) is 1.27. The first-order valence-corrected chi connectivity index (χ1v) is 5.25. The average molecular weight is 131 g/mol. The van der Waals surface area contributed by atoms with Crippen LogP contribution >= 0.6 is 0 Å². The van der Waals surface area contributed by atoms with Crippen LogP contribution in [0.1, 0.15) is 27.2 Å². The van der Waals surface area contributed by atoms with Crippen LogP contribution in [0.25, 0.3) is 0 Å². The van der Waals surface area contributed by atoms with Crippen LogP contribution in [0.4, 0.5) is 0 Å². The number of rotatable bonds is 4. The van der Waals surface area contributed by atoms with Gasteiger partial charge in [-0.3, -0.25) is 0 Å². The quantitative estimate of drug-likeness (QED) is 0.559. The fraction of sp³-hybridized carbons (Fsp3) is 1.00. The van der Waals surface area contributed by atoms with Gasteiger partial charge in [-0.2, -0.15) is 0 Å². The molecule has 0 heterocycles. The topological polar surface area (TPSA) is 12.0 Å². The van der Waals surface area contributed by atoms with Crippen molar-refractivity contribution in [1.29, 1.82) is 0 Å². The highest BCUT2D eigenvalue weighted by molar-refractivity contribution is 6.31. The molecule has 1 unspecified atom stereocenters. The van der Waals surface area contributed by atoms with Gasteiger partial charge in [0, 0.05) is 0 Å².